The molecule has 5 heteroatoms. The van der Waals surface area contributed by atoms with Crippen molar-refractivity contribution in [2.45, 2.75) is 25.8 Å². The monoisotopic (exact) mass is 292 g/mol. The van der Waals surface area contributed by atoms with Crippen LogP contribution in [0.25, 0.3) is 0 Å². The maximum absolute atomic E-state index is 11.1. The zero-order chi connectivity index (χ0) is 15.7. The molecule has 0 radical (unpaired) electrons. The van der Waals surface area contributed by atoms with Crippen molar-refractivity contribution >= 4 is 12.5 Å². The second-order valence-corrected chi connectivity index (χ2v) is 5.24. The molecule has 1 aliphatic rings. The van der Waals surface area contributed by atoms with Crippen LogP contribution >= 0.6 is 0 Å². The van der Waals surface area contributed by atoms with E-state index in [9.17, 15) is 9.59 Å². The number of benzene rings is 1. The van der Waals surface area contributed by atoms with E-state index >= 15 is 0 Å². The van der Waals surface area contributed by atoms with E-state index in [1.165, 1.54) is 13.0 Å². The molecule has 21 heavy (non-hydrogen) atoms. The maximum atomic E-state index is 11.1. The first kappa shape index (κ1) is 17.2. The minimum Gasteiger partial charge on any atom is -0.447 e. The van der Waals surface area contributed by atoms with Crippen LogP contribution in [-0.4, -0.2) is 55.6 Å². The van der Waals surface area contributed by atoms with Gasteiger partial charge in [0.2, 0.25) is 6.41 Å². The molecule has 0 saturated carbocycles. The molecule has 0 aliphatic carbocycles. The summed E-state index contributed by atoms with van der Waals surface area (Å²) < 4.78 is 4.80. The van der Waals surface area contributed by atoms with Crippen LogP contribution in [0.5, 0.6) is 0 Å². The van der Waals surface area contributed by atoms with Crippen molar-refractivity contribution in [2.75, 3.05) is 27.2 Å². The first-order valence-electron chi connectivity index (χ1n) is 7.17. The molecule has 116 valence electrons. The number of imide groups is 1. The summed E-state index contributed by atoms with van der Waals surface area (Å²) in [6, 6.07) is 9.54. The summed E-state index contributed by atoms with van der Waals surface area (Å²) in [6.45, 7) is 3.67. The largest absolute Gasteiger partial charge is 0.447 e. The van der Waals surface area contributed by atoms with Crippen molar-refractivity contribution in [1.82, 2.24) is 9.80 Å². The van der Waals surface area contributed by atoms with Crippen molar-refractivity contribution in [3.8, 4) is 0 Å². The van der Waals surface area contributed by atoms with Crippen molar-refractivity contribution in [2.24, 2.45) is 0 Å². The lowest BCUT2D eigenvalue weighted by molar-refractivity contribution is -0.116. The quantitative estimate of drug-likeness (QED) is 0.780. The molecule has 1 fully saturated rings. The Morgan fingerprint density at radius 2 is 2.00 bits per heavy atom. The van der Waals surface area contributed by atoms with Crippen LogP contribution in [0.4, 0.5) is 4.79 Å². The molecule has 2 amide bonds. The lowest BCUT2D eigenvalue weighted by Gasteiger charge is -2.13. The van der Waals surface area contributed by atoms with Crippen molar-refractivity contribution in [3.05, 3.63) is 35.9 Å². The molecular weight excluding hydrogens is 268 g/mol. The molecule has 0 aromatic heterocycles. The van der Waals surface area contributed by atoms with Crippen LogP contribution in [0, 0.1) is 0 Å². The zero-order valence-corrected chi connectivity index (χ0v) is 13.0. The summed E-state index contributed by atoms with van der Waals surface area (Å²) in [6.07, 6.45) is 1.88. The van der Waals surface area contributed by atoms with Gasteiger partial charge in [-0.1, -0.05) is 37.3 Å². The SMILES string of the molecule is CCCN(C)C.O=CN1C(=O)OC[C@@H]1Cc1ccccc1. The molecule has 0 spiro atoms. The van der Waals surface area contributed by atoms with Gasteiger partial charge in [-0.25, -0.2) is 9.69 Å². The van der Waals surface area contributed by atoms with Crippen LogP contribution in [0.3, 0.4) is 0 Å². The molecule has 1 heterocycles. The molecular formula is C16H24N2O3. The second-order valence-electron chi connectivity index (χ2n) is 5.24. The number of amides is 2. The highest BCUT2D eigenvalue weighted by atomic mass is 16.6. The summed E-state index contributed by atoms with van der Waals surface area (Å²) in [5.41, 5.74) is 1.09. The zero-order valence-electron chi connectivity index (χ0n) is 13.0. The van der Waals surface area contributed by atoms with Crippen molar-refractivity contribution in [3.63, 3.8) is 0 Å². The van der Waals surface area contributed by atoms with E-state index in [0.29, 0.717) is 12.8 Å². The van der Waals surface area contributed by atoms with E-state index < -0.39 is 6.09 Å². The molecule has 1 aromatic rings. The summed E-state index contributed by atoms with van der Waals surface area (Å²) in [5.74, 6) is 0. The normalized spacial score (nSPS) is 17.2. The van der Waals surface area contributed by atoms with Crippen molar-refractivity contribution in [1.29, 1.82) is 0 Å². The molecule has 1 aliphatic heterocycles. The van der Waals surface area contributed by atoms with Crippen LogP contribution in [-0.2, 0) is 16.0 Å². The molecule has 2 rings (SSSR count). The topological polar surface area (TPSA) is 49.9 Å². The number of hydrogen-bond donors (Lipinski definition) is 0. The standard InChI is InChI=1S/C11H11NO3.C5H13N/c13-8-12-10(7-15-11(12)14)6-9-4-2-1-3-5-9;1-4-5-6(2)3/h1-5,8,10H,6-7H2;4-5H2,1-3H3/t10-;/m0./s1. The highest BCUT2D eigenvalue weighted by Crippen LogP contribution is 2.14. The predicted octanol–water partition coefficient (Wildman–Crippen LogP) is 2.16. The van der Waals surface area contributed by atoms with Gasteiger partial charge in [0, 0.05) is 0 Å². The Balaban J connectivity index is 0.000000315. The fraction of sp³-hybridized carbons (Fsp3) is 0.500. The number of ether oxygens (including phenoxy) is 1. The van der Waals surface area contributed by atoms with Gasteiger partial charge in [-0.2, -0.15) is 0 Å². The first-order chi connectivity index (χ1) is 10.1. The van der Waals surface area contributed by atoms with E-state index in [2.05, 4.69) is 25.9 Å². The number of hydrogen-bond acceptors (Lipinski definition) is 4. The van der Waals surface area contributed by atoms with Gasteiger partial charge in [0.15, 0.2) is 0 Å². The molecule has 0 N–H and O–H groups in total. The Labute approximate surface area is 126 Å². The Morgan fingerprint density at radius 3 is 2.48 bits per heavy atom. The fourth-order valence-electron chi connectivity index (χ4n) is 2.09. The Kier molecular flexibility index (Phi) is 7.46. The predicted molar refractivity (Wildman–Crippen MR) is 82.0 cm³/mol. The minimum absolute atomic E-state index is 0.169. The molecule has 0 bridgehead atoms. The molecule has 5 nitrogen and oxygen atoms in total. The lowest BCUT2D eigenvalue weighted by Crippen LogP contribution is -2.33. The van der Waals surface area contributed by atoms with Crippen LogP contribution in [0.1, 0.15) is 18.9 Å². The van der Waals surface area contributed by atoms with Gasteiger partial charge in [-0.05, 0) is 39.0 Å². The number of rotatable bonds is 5. The highest BCUT2D eigenvalue weighted by molar-refractivity contribution is 5.82. The summed E-state index contributed by atoms with van der Waals surface area (Å²) in [5, 5.41) is 0. The summed E-state index contributed by atoms with van der Waals surface area (Å²) >= 11 is 0. The number of carbonyl (C=O) groups excluding carboxylic acids is 2. The third kappa shape index (κ3) is 5.95. The van der Waals surface area contributed by atoms with E-state index in [0.717, 1.165) is 10.5 Å². The Hall–Kier alpha value is -1.88. The molecule has 0 unspecified atom stereocenters. The third-order valence-corrected chi connectivity index (χ3v) is 3.10. The number of nitrogens with zero attached hydrogens (tertiary/aromatic N) is 2. The number of cyclic esters (lactones) is 1. The van der Waals surface area contributed by atoms with E-state index in [4.69, 9.17) is 4.74 Å². The Bertz CT molecular complexity index is 434. The Morgan fingerprint density at radius 1 is 1.33 bits per heavy atom. The molecule has 1 aromatic carbocycles. The molecule has 1 atom stereocenters. The van der Waals surface area contributed by atoms with E-state index in [1.54, 1.807) is 0 Å². The van der Waals surface area contributed by atoms with Crippen LogP contribution in [0.15, 0.2) is 30.3 Å². The summed E-state index contributed by atoms with van der Waals surface area (Å²) in [4.78, 5) is 25.0. The number of carbonyl (C=O) groups is 2. The van der Waals surface area contributed by atoms with Crippen LogP contribution in [0.2, 0.25) is 0 Å². The highest BCUT2D eigenvalue weighted by Gasteiger charge is 2.32. The molecule has 1 saturated heterocycles. The van der Waals surface area contributed by atoms with Gasteiger partial charge in [-0.3, -0.25) is 4.79 Å². The minimum atomic E-state index is -0.550. The van der Waals surface area contributed by atoms with Crippen LogP contribution < -0.4 is 0 Å². The first-order valence-corrected chi connectivity index (χ1v) is 7.17. The average molecular weight is 292 g/mol. The van der Waals surface area contributed by atoms with E-state index in [-0.39, 0.29) is 12.6 Å². The maximum Gasteiger partial charge on any atom is 0.416 e. The van der Waals surface area contributed by atoms with Gasteiger partial charge >= 0.3 is 6.09 Å². The lowest BCUT2D eigenvalue weighted by atomic mass is 10.1. The van der Waals surface area contributed by atoms with Gasteiger partial charge < -0.3 is 9.64 Å². The van der Waals surface area contributed by atoms with Gasteiger partial charge in [0.05, 0.1) is 6.04 Å². The van der Waals surface area contributed by atoms with Crippen molar-refractivity contribution < 1.29 is 14.3 Å². The third-order valence-electron chi connectivity index (χ3n) is 3.10. The smallest absolute Gasteiger partial charge is 0.416 e. The fourth-order valence-corrected chi connectivity index (χ4v) is 2.09. The van der Waals surface area contributed by atoms with Gasteiger partial charge in [0.1, 0.15) is 6.61 Å². The van der Waals surface area contributed by atoms with Gasteiger partial charge in [0.25, 0.3) is 0 Å². The van der Waals surface area contributed by atoms with E-state index in [1.807, 2.05) is 30.3 Å². The van der Waals surface area contributed by atoms with Gasteiger partial charge in [-0.15, -0.1) is 0 Å². The second kappa shape index (κ2) is 9.13. The average Bonchev–Trinajstić information content (AvgIpc) is 2.80. The summed E-state index contributed by atoms with van der Waals surface area (Å²) in [7, 11) is 4.17.